The molecule has 1 aromatic carbocycles. The van der Waals surface area contributed by atoms with Crippen molar-refractivity contribution < 1.29 is 0 Å². The van der Waals surface area contributed by atoms with Gasteiger partial charge in [0.15, 0.2) is 0 Å². The molecule has 0 radical (unpaired) electrons. The maximum absolute atomic E-state index is 5.96. The highest BCUT2D eigenvalue weighted by Crippen LogP contribution is 2.25. The van der Waals surface area contributed by atoms with E-state index < -0.39 is 0 Å². The largest absolute Gasteiger partial charge is 0.270 e. The normalized spacial score (nSPS) is 12.2. The molecular formula is C9H8BrClN2. The molecule has 0 spiro atoms. The van der Waals surface area contributed by atoms with E-state index in [1.807, 2.05) is 12.1 Å². The highest BCUT2D eigenvalue weighted by atomic mass is 79.9. The molecular weight excluding hydrogens is 251 g/mol. The second-order valence-corrected chi connectivity index (χ2v) is 3.76. The van der Waals surface area contributed by atoms with E-state index in [4.69, 9.17) is 23.9 Å². The van der Waals surface area contributed by atoms with Crippen LogP contribution in [0.3, 0.4) is 0 Å². The van der Waals surface area contributed by atoms with Crippen LogP contribution in [0.1, 0.15) is 11.6 Å². The summed E-state index contributed by atoms with van der Waals surface area (Å²) >= 11 is 9.26. The summed E-state index contributed by atoms with van der Waals surface area (Å²) in [6, 6.07) is 5.12. The van der Waals surface area contributed by atoms with E-state index in [0.717, 1.165) is 10.0 Å². The second kappa shape index (κ2) is 4.64. The van der Waals surface area contributed by atoms with Gasteiger partial charge in [0.2, 0.25) is 0 Å². The first-order chi connectivity index (χ1) is 6.19. The molecule has 0 heterocycles. The third kappa shape index (κ3) is 2.45. The summed E-state index contributed by atoms with van der Waals surface area (Å²) in [5.74, 6) is 7.75. The van der Waals surface area contributed by atoms with Crippen molar-refractivity contribution in [2.75, 3.05) is 0 Å². The Morgan fingerprint density at radius 3 is 2.77 bits per heavy atom. The molecule has 1 rings (SSSR count). The molecule has 2 nitrogen and oxygen atoms in total. The number of rotatable bonds is 2. The molecule has 0 fully saturated rings. The van der Waals surface area contributed by atoms with Crippen LogP contribution >= 0.6 is 27.5 Å². The summed E-state index contributed by atoms with van der Waals surface area (Å²) in [6.07, 6.45) is 5.26. The van der Waals surface area contributed by atoms with Gasteiger partial charge in [0.25, 0.3) is 0 Å². The Morgan fingerprint density at radius 1 is 1.62 bits per heavy atom. The fourth-order valence-corrected chi connectivity index (χ4v) is 1.75. The number of hydrogen-bond acceptors (Lipinski definition) is 2. The van der Waals surface area contributed by atoms with E-state index in [1.165, 1.54) is 0 Å². The average Bonchev–Trinajstić information content (AvgIpc) is 2.10. The van der Waals surface area contributed by atoms with Crippen molar-refractivity contribution in [2.24, 2.45) is 5.84 Å². The van der Waals surface area contributed by atoms with E-state index in [2.05, 4.69) is 27.3 Å². The zero-order valence-electron chi connectivity index (χ0n) is 6.72. The Balaban J connectivity index is 3.09. The van der Waals surface area contributed by atoms with Crippen LogP contribution in [-0.2, 0) is 0 Å². The van der Waals surface area contributed by atoms with E-state index in [0.29, 0.717) is 5.02 Å². The quantitative estimate of drug-likeness (QED) is 0.486. The molecule has 0 saturated heterocycles. The highest BCUT2D eigenvalue weighted by Gasteiger charge is 2.09. The molecule has 0 aromatic heterocycles. The molecule has 0 aliphatic heterocycles. The van der Waals surface area contributed by atoms with Crippen LogP contribution in [-0.4, -0.2) is 0 Å². The number of halogens is 2. The van der Waals surface area contributed by atoms with Crippen LogP contribution in [0, 0.1) is 12.3 Å². The van der Waals surface area contributed by atoms with Gasteiger partial charge in [0, 0.05) is 15.1 Å². The van der Waals surface area contributed by atoms with Crippen LogP contribution in [0.5, 0.6) is 0 Å². The third-order valence-electron chi connectivity index (χ3n) is 1.61. The van der Waals surface area contributed by atoms with Gasteiger partial charge in [-0.05, 0) is 12.1 Å². The fourth-order valence-electron chi connectivity index (χ4n) is 0.963. The monoisotopic (exact) mass is 258 g/mol. The number of nitrogens with two attached hydrogens (primary N) is 1. The molecule has 1 atom stereocenters. The van der Waals surface area contributed by atoms with Crippen molar-refractivity contribution in [1.29, 1.82) is 0 Å². The van der Waals surface area contributed by atoms with Crippen molar-refractivity contribution in [1.82, 2.24) is 5.43 Å². The number of nitrogens with one attached hydrogen (secondary N) is 1. The van der Waals surface area contributed by atoms with Crippen LogP contribution in [0.4, 0.5) is 0 Å². The van der Waals surface area contributed by atoms with Crippen molar-refractivity contribution in [3.05, 3.63) is 33.3 Å². The van der Waals surface area contributed by atoms with Crippen molar-refractivity contribution in [3.8, 4) is 12.3 Å². The molecule has 0 saturated carbocycles. The minimum atomic E-state index is -0.347. The molecule has 1 unspecified atom stereocenters. The van der Waals surface area contributed by atoms with E-state index in [9.17, 15) is 0 Å². The lowest BCUT2D eigenvalue weighted by Crippen LogP contribution is -2.26. The van der Waals surface area contributed by atoms with Crippen LogP contribution < -0.4 is 11.3 Å². The first-order valence-electron chi connectivity index (χ1n) is 3.56. The number of benzene rings is 1. The van der Waals surface area contributed by atoms with Gasteiger partial charge in [-0.1, -0.05) is 39.5 Å². The summed E-state index contributed by atoms with van der Waals surface area (Å²) in [5, 5.41) is 0.593. The van der Waals surface area contributed by atoms with Crippen molar-refractivity contribution >= 4 is 27.5 Å². The number of hydrazine groups is 1. The lowest BCUT2D eigenvalue weighted by atomic mass is 10.1. The summed E-state index contributed by atoms with van der Waals surface area (Å²) in [7, 11) is 0. The van der Waals surface area contributed by atoms with Gasteiger partial charge in [-0.2, -0.15) is 0 Å². The van der Waals surface area contributed by atoms with Crippen molar-refractivity contribution in [3.63, 3.8) is 0 Å². The van der Waals surface area contributed by atoms with Crippen LogP contribution in [0.25, 0.3) is 0 Å². The molecule has 13 heavy (non-hydrogen) atoms. The first-order valence-corrected chi connectivity index (χ1v) is 4.73. The van der Waals surface area contributed by atoms with E-state index >= 15 is 0 Å². The Labute approximate surface area is 90.6 Å². The van der Waals surface area contributed by atoms with Gasteiger partial charge in [-0.25, -0.2) is 5.43 Å². The van der Waals surface area contributed by atoms with Gasteiger partial charge < -0.3 is 0 Å². The summed E-state index contributed by atoms with van der Waals surface area (Å²) < 4.78 is 0.911. The fraction of sp³-hybridized carbons (Fsp3) is 0.111. The number of terminal acetylenes is 1. The van der Waals surface area contributed by atoms with Gasteiger partial charge in [0.05, 0.1) is 0 Å². The van der Waals surface area contributed by atoms with Gasteiger partial charge >= 0.3 is 0 Å². The lowest BCUT2D eigenvalue weighted by molar-refractivity contribution is 0.674. The Kier molecular flexibility index (Phi) is 3.76. The van der Waals surface area contributed by atoms with Crippen LogP contribution in [0.15, 0.2) is 22.7 Å². The van der Waals surface area contributed by atoms with E-state index in [1.54, 1.807) is 6.07 Å². The highest BCUT2D eigenvalue weighted by molar-refractivity contribution is 9.10. The summed E-state index contributed by atoms with van der Waals surface area (Å²) in [5.41, 5.74) is 3.29. The lowest BCUT2D eigenvalue weighted by Gasteiger charge is -2.11. The molecule has 0 bridgehead atoms. The average molecular weight is 260 g/mol. The zero-order valence-corrected chi connectivity index (χ0v) is 9.06. The first kappa shape index (κ1) is 10.6. The smallest absolute Gasteiger partial charge is 0.108 e. The SMILES string of the molecule is C#CC(NN)c1ccc(Br)cc1Cl. The van der Waals surface area contributed by atoms with E-state index in [-0.39, 0.29) is 6.04 Å². The predicted molar refractivity (Wildman–Crippen MR) is 58.0 cm³/mol. The molecule has 0 aliphatic rings. The van der Waals surface area contributed by atoms with Crippen molar-refractivity contribution in [2.45, 2.75) is 6.04 Å². The maximum atomic E-state index is 5.96. The zero-order chi connectivity index (χ0) is 9.84. The molecule has 0 aliphatic carbocycles. The predicted octanol–water partition coefficient (Wildman–Crippen LogP) is 2.24. The third-order valence-corrected chi connectivity index (χ3v) is 2.43. The van der Waals surface area contributed by atoms with Gasteiger partial charge in [-0.3, -0.25) is 5.84 Å². The second-order valence-electron chi connectivity index (χ2n) is 2.43. The molecule has 4 heteroatoms. The summed E-state index contributed by atoms with van der Waals surface area (Å²) in [4.78, 5) is 0. The Bertz CT molecular complexity index is 346. The van der Waals surface area contributed by atoms with Gasteiger partial charge in [-0.15, -0.1) is 6.42 Å². The molecule has 3 N–H and O–H groups in total. The summed E-state index contributed by atoms with van der Waals surface area (Å²) in [6.45, 7) is 0. The Hall–Kier alpha value is -0.530. The molecule has 1 aromatic rings. The maximum Gasteiger partial charge on any atom is 0.108 e. The Morgan fingerprint density at radius 2 is 2.31 bits per heavy atom. The van der Waals surface area contributed by atoms with Crippen LogP contribution in [0.2, 0.25) is 5.02 Å². The topological polar surface area (TPSA) is 38.0 Å². The molecule has 68 valence electrons. The van der Waals surface area contributed by atoms with Gasteiger partial charge in [0.1, 0.15) is 6.04 Å². The molecule has 0 amide bonds. The minimum absolute atomic E-state index is 0.347. The number of hydrogen-bond donors (Lipinski definition) is 2. The standard InChI is InChI=1S/C9H8BrClN2/c1-2-9(13-12)7-4-3-6(10)5-8(7)11/h1,3-5,9,13H,12H2. The minimum Gasteiger partial charge on any atom is -0.270 e.